The van der Waals surface area contributed by atoms with Gasteiger partial charge in [0.05, 0.1) is 4.92 Å². The molecule has 0 aliphatic heterocycles. The molecule has 1 aliphatic rings. The van der Waals surface area contributed by atoms with E-state index in [0.717, 1.165) is 25.1 Å². The molecule has 1 aromatic carbocycles. The minimum Gasteiger partial charge on any atom is -0.305 e. The van der Waals surface area contributed by atoms with Crippen molar-refractivity contribution in [2.75, 3.05) is 5.32 Å². The molecule has 0 atom stereocenters. The van der Waals surface area contributed by atoms with E-state index >= 15 is 0 Å². The summed E-state index contributed by atoms with van der Waals surface area (Å²) >= 11 is 0. The molecule has 2 aromatic rings. The summed E-state index contributed by atoms with van der Waals surface area (Å²) in [6, 6.07) is 6.34. The van der Waals surface area contributed by atoms with Gasteiger partial charge in [-0.15, -0.1) is 0 Å². The molecular formula is C16H18N4O3. The lowest BCUT2D eigenvalue weighted by atomic mass is 10.1. The maximum atomic E-state index is 12.3. The van der Waals surface area contributed by atoms with E-state index in [4.69, 9.17) is 0 Å². The summed E-state index contributed by atoms with van der Waals surface area (Å²) in [5, 5.41) is 18.1. The van der Waals surface area contributed by atoms with Crippen LogP contribution >= 0.6 is 0 Å². The molecule has 1 saturated carbocycles. The summed E-state index contributed by atoms with van der Waals surface area (Å²) in [4.78, 5) is 22.8. The van der Waals surface area contributed by atoms with E-state index in [0.29, 0.717) is 17.3 Å². The highest BCUT2D eigenvalue weighted by atomic mass is 16.6. The molecule has 1 aliphatic carbocycles. The summed E-state index contributed by atoms with van der Waals surface area (Å²) in [6.07, 6.45) is 2.31. The molecule has 0 radical (unpaired) electrons. The Morgan fingerprint density at radius 2 is 2.17 bits per heavy atom. The second-order valence-corrected chi connectivity index (χ2v) is 5.76. The summed E-state index contributed by atoms with van der Waals surface area (Å²) in [5.41, 5.74) is 1.85. The van der Waals surface area contributed by atoms with Gasteiger partial charge in [0.1, 0.15) is 0 Å². The van der Waals surface area contributed by atoms with Crippen LogP contribution in [0.25, 0.3) is 0 Å². The SMILES string of the molecule is CCn1nc(NC(=O)c2ccc(C)c([N+](=O)[O-])c2)cc1C1CC1. The highest BCUT2D eigenvalue weighted by molar-refractivity contribution is 6.04. The van der Waals surface area contributed by atoms with Gasteiger partial charge in [-0.1, -0.05) is 6.07 Å². The minimum absolute atomic E-state index is 0.0598. The Kier molecular flexibility index (Phi) is 3.85. The Morgan fingerprint density at radius 1 is 1.43 bits per heavy atom. The zero-order valence-electron chi connectivity index (χ0n) is 13.1. The first-order chi connectivity index (χ1) is 11.0. The largest absolute Gasteiger partial charge is 0.305 e. The van der Waals surface area contributed by atoms with Crippen LogP contribution in [0.3, 0.4) is 0 Å². The van der Waals surface area contributed by atoms with Crippen LogP contribution in [-0.2, 0) is 6.54 Å². The summed E-state index contributed by atoms with van der Waals surface area (Å²) in [7, 11) is 0. The highest BCUT2D eigenvalue weighted by Gasteiger charge is 2.28. The number of anilines is 1. The topological polar surface area (TPSA) is 90.1 Å². The van der Waals surface area contributed by atoms with E-state index in [1.165, 1.54) is 6.07 Å². The van der Waals surface area contributed by atoms with Crippen molar-refractivity contribution in [2.45, 2.75) is 39.2 Å². The molecule has 120 valence electrons. The Bertz CT molecular complexity index is 778. The van der Waals surface area contributed by atoms with Crippen LogP contribution < -0.4 is 5.32 Å². The van der Waals surface area contributed by atoms with Crippen LogP contribution in [0.4, 0.5) is 11.5 Å². The zero-order chi connectivity index (χ0) is 16.6. The van der Waals surface area contributed by atoms with E-state index in [2.05, 4.69) is 10.4 Å². The van der Waals surface area contributed by atoms with E-state index in [1.54, 1.807) is 19.1 Å². The molecule has 7 nitrogen and oxygen atoms in total. The van der Waals surface area contributed by atoms with Crippen molar-refractivity contribution in [3.05, 3.63) is 51.2 Å². The van der Waals surface area contributed by atoms with Crippen molar-refractivity contribution >= 4 is 17.4 Å². The monoisotopic (exact) mass is 314 g/mol. The quantitative estimate of drug-likeness (QED) is 0.677. The number of aryl methyl sites for hydroxylation is 2. The Balaban J connectivity index is 1.82. The fourth-order valence-corrected chi connectivity index (χ4v) is 2.59. The zero-order valence-corrected chi connectivity index (χ0v) is 13.1. The van der Waals surface area contributed by atoms with Crippen molar-refractivity contribution in [1.29, 1.82) is 0 Å². The molecule has 1 N–H and O–H groups in total. The number of amides is 1. The molecule has 1 heterocycles. The molecule has 1 fully saturated rings. The first-order valence-electron chi connectivity index (χ1n) is 7.63. The number of rotatable bonds is 5. The number of nitro groups is 1. The molecule has 0 saturated heterocycles. The predicted octanol–water partition coefficient (Wildman–Crippen LogP) is 3.25. The maximum absolute atomic E-state index is 12.3. The normalized spacial score (nSPS) is 13.8. The number of carbonyl (C=O) groups excluding carboxylic acids is 1. The van der Waals surface area contributed by atoms with Crippen LogP contribution in [-0.4, -0.2) is 20.6 Å². The fraction of sp³-hybridized carbons (Fsp3) is 0.375. The van der Waals surface area contributed by atoms with Crippen LogP contribution in [0.2, 0.25) is 0 Å². The van der Waals surface area contributed by atoms with Gasteiger partial charge in [-0.05, 0) is 32.8 Å². The molecule has 1 aromatic heterocycles. The van der Waals surface area contributed by atoms with Crippen molar-refractivity contribution in [3.63, 3.8) is 0 Å². The van der Waals surface area contributed by atoms with E-state index in [1.807, 2.05) is 17.7 Å². The van der Waals surface area contributed by atoms with Crippen molar-refractivity contribution < 1.29 is 9.72 Å². The molecule has 0 unspecified atom stereocenters. The van der Waals surface area contributed by atoms with Gasteiger partial charge in [0.2, 0.25) is 0 Å². The molecule has 23 heavy (non-hydrogen) atoms. The minimum atomic E-state index is -0.483. The molecule has 7 heteroatoms. The fourth-order valence-electron chi connectivity index (χ4n) is 2.59. The maximum Gasteiger partial charge on any atom is 0.273 e. The molecule has 3 rings (SSSR count). The van der Waals surface area contributed by atoms with Crippen LogP contribution in [0.15, 0.2) is 24.3 Å². The van der Waals surface area contributed by atoms with Gasteiger partial charge < -0.3 is 5.32 Å². The van der Waals surface area contributed by atoms with Gasteiger partial charge in [-0.3, -0.25) is 19.6 Å². The van der Waals surface area contributed by atoms with Crippen LogP contribution in [0, 0.1) is 17.0 Å². The average molecular weight is 314 g/mol. The number of carbonyl (C=O) groups is 1. The number of aromatic nitrogens is 2. The summed E-state index contributed by atoms with van der Waals surface area (Å²) < 4.78 is 1.89. The highest BCUT2D eigenvalue weighted by Crippen LogP contribution is 2.40. The molecule has 0 bridgehead atoms. The number of hydrogen-bond donors (Lipinski definition) is 1. The number of nitro benzene ring substituents is 1. The van der Waals surface area contributed by atoms with Gasteiger partial charge >= 0.3 is 0 Å². The average Bonchev–Trinajstić information content (AvgIpc) is 3.28. The van der Waals surface area contributed by atoms with E-state index < -0.39 is 10.8 Å². The van der Waals surface area contributed by atoms with Crippen molar-refractivity contribution in [1.82, 2.24) is 9.78 Å². The summed E-state index contributed by atoms with van der Waals surface area (Å²) in [5.74, 6) is 0.631. The molecule has 0 spiro atoms. The number of benzene rings is 1. The first-order valence-corrected chi connectivity index (χ1v) is 7.63. The lowest BCUT2D eigenvalue weighted by Crippen LogP contribution is -2.13. The third kappa shape index (κ3) is 3.08. The second kappa shape index (κ2) is 5.83. The first kappa shape index (κ1) is 15.2. The van der Waals surface area contributed by atoms with E-state index in [-0.39, 0.29) is 11.3 Å². The third-order valence-electron chi connectivity index (χ3n) is 4.02. The van der Waals surface area contributed by atoms with E-state index in [9.17, 15) is 14.9 Å². The van der Waals surface area contributed by atoms with Gasteiger partial charge in [0.15, 0.2) is 5.82 Å². The lowest BCUT2D eigenvalue weighted by molar-refractivity contribution is -0.385. The predicted molar refractivity (Wildman–Crippen MR) is 85.7 cm³/mol. The van der Waals surface area contributed by atoms with Gasteiger partial charge in [0.25, 0.3) is 11.6 Å². The molecule has 1 amide bonds. The smallest absolute Gasteiger partial charge is 0.273 e. The molecular weight excluding hydrogens is 296 g/mol. The Hall–Kier alpha value is -2.70. The van der Waals surface area contributed by atoms with Crippen LogP contribution in [0.5, 0.6) is 0 Å². The van der Waals surface area contributed by atoms with Gasteiger partial charge in [0, 0.05) is 41.4 Å². The second-order valence-electron chi connectivity index (χ2n) is 5.76. The Morgan fingerprint density at radius 3 is 2.78 bits per heavy atom. The number of nitrogens with one attached hydrogen (secondary N) is 1. The standard InChI is InChI=1S/C16H18N4O3/c1-3-19-14(11-6-7-11)9-15(18-19)17-16(21)12-5-4-10(2)13(8-12)20(22)23/h4-5,8-9,11H,3,6-7H2,1-2H3,(H,17,18,21). The summed E-state index contributed by atoms with van der Waals surface area (Å²) in [6.45, 7) is 4.40. The van der Waals surface area contributed by atoms with Crippen molar-refractivity contribution in [2.24, 2.45) is 0 Å². The van der Waals surface area contributed by atoms with Crippen molar-refractivity contribution in [3.8, 4) is 0 Å². The third-order valence-corrected chi connectivity index (χ3v) is 4.02. The Labute approximate surface area is 133 Å². The van der Waals surface area contributed by atoms with Crippen LogP contribution in [0.1, 0.15) is 47.3 Å². The number of hydrogen-bond acceptors (Lipinski definition) is 4. The lowest BCUT2D eigenvalue weighted by Gasteiger charge is -2.03. The van der Waals surface area contributed by atoms with Gasteiger partial charge in [-0.2, -0.15) is 5.10 Å². The van der Waals surface area contributed by atoms with Gasteiger partial charge in [-0.25, -0.2) is 0 Å². The number of nitrogens with zero attached hydrogens (tertiary/aromatic N) is 3.